The van der Waals surface area contributed by atoms with Gasteiger partial charge in [0.15, 0.2) is 0 Å². The molecule has 5 heteroatoms. The van der Waals surface area contributed by atoms with Crippen LogP contribution in [0.1, 0.15) is 22.8 Å². The third-order valence-corrected chi connectivity index (χ3v) is 1.99. The molecule has 0 aliphatic rings. The minimum Gasteiger partial charge on any atom is -0.508 e. The van der Waals surface area contributed by atoms with Crippen molar-refractivity contribution in [2.24, 2.45) is 0 Å². The Bertz CT molecular complexity index is 440. The molecule has 0 unspecified atom stereocenters. The molecule has 1 rings (SSSR count). The van der Waals surface area contributed by atoms with Crippen molar-refractivity contribution in [2.45, 2.75) is 13.8 Å². The van der Waals surface area contributed by atoms with Crippen LogP contribution in [0.15, 0.2) is 12.1 Å². The van der Waals surface area contributed by atoms with Gasteiger partial charge in [-0.05, 0) is 25.5 Å². The molecule has 0 bridgehead atoms. The van der Waals surface area contributed by atoms with Crippen LogP contribution in [0.4, 0.5) is 4.39 Å². The highest BCUT2D eigenvalue weighted by Gasteiger charge is 2.22. The van der Waals surface area contributed by atoms with E-state index in [0.717, 1.165) is 12.1 Å². The number of esters is 1. The standard InChI is InChI=1S/C11H11FO4/c1-3-16-11(15)10(14)7-4-6(2)9(13)5-8(7)12/h4-5,13H,3H2,1-2H3. The lowest BCUT2D eigenvalue weighted by atomic mass is 10.1. The van der Waals surface area contributed by atoms with Crippen LogP contribution >= 0.6 is 0 Å². The van der Waals surface area contributed by atoms with Gasteiger partial charge in [0.25, 0.3) is 5.78 Å². The first-order valence-corrected chi connectivity index (χ1v) is 4.68. The zero-order chi connectivity index (χ0) is 12.3. The molecule has 0 radical (unpaired) electrons. The highest BCUT2D eigenvalue weighted by molar-refractivity contribution is 6.40. The summed E-state index contributed by atoms with van der Waals surface area (Å²) in [5, 5.41) is 9.18. The fourth-order valence-corrected chi connectivity index (χ4v) is 1.15. The lowest BCUT2D eigenvalue weighted by Crippen LogP contribution is -2.18. The van der Waals surface area contributed by atoms with E-state index in [2.05, 4.69) is 4.74 Å². The van der Waals surface area contributed by atoms with Crippen LogP contribution in [0.2, 0.25) is 0 Å². The second kappa shape index (κ2) is 4.74. The van der Waals surface area contributed by atoms with Gasteiger partial charge >= 0.3 is 5.97 Å². The largest absolute Gasteiger partial charge is 0.508 e. The summed E-state index contributed by atoms with van der Waals surface area (Å²) in [4.78, 5) is 22.5. The number of ketones is 1. The van der Waals surface area contributed by atoms with Crippen LogP contribution in [0.25, 0.3) is 0 Å². The van der Waals surface area contributed by atoms with Crippen molar-refractivity contribution in [3.63, 3.8) is 0 Å². The van der Waals surface area contributed by atoms with Crippen molar-refractivity contribution in [1.29, 1.82) is 0 Å². The van der Waals surface area contributed by atoms with Gasteiger partial charge in [-0.3, -0.25) is 4.79 Å². The maximum Gasteiger partial charge on any atom is 0.379 e. The van der Waals surface area contributed by atoms with E-state index in [1.807, 2.05) is 0 Å². The fourth-order valence-electron chi connectivity index (χ4n) is 1.15. The van der Waals surface area contributed by atoms with Crippen molar-refractivity contribution >= 4 is 11.8 Å². The van der Waals surface area contributed by atoms with E-state index in [4.69, 9.17) is 0 Å². The molecular formula is C11H11FO4. The molecule has 4 nitrogen and oxygen atoms in total. The number of hydrogen-bond donors (Lipinski definition) is 1. The summed E-state index contributed by atoms with van der Waals surface area (Å²) >= 11 is 0. The van der Waals surface area contributed by atoms with Crippen LogP contribution in [0.5, 0.6) is 5.75 Å². The molecule has 0 amide bonds. The van der Waals surface area contributed by atoms with E-state index in [0.29, 0.717) is 5.56 Å². The molecule has 0 spiro atoms. The Balaban J connectivity index is 3.09. The van der Waals surface area contributed by atoms with Crippen molar-refractivity contribution in [3.8, 4) is 5.75 Å². The molecule has 1 aromatic carbocycles. The van der Waals surface area contributed by atoms with Crippen LogP contribution in [0.3, 0.4) is 0 Å². The Hall–Kier alpha value is -1.91. The van der Waals surface area contributed by atoms with E-state index in [-0.39, 0.29) is 12.4 Å². The van der Waals surface area contributed by atoms with E-state index in [1.165, 1.54) is 6.92 Å². The number of phenolic OH excluding ortho intramolecular Hbond substituents is 1. The lowest BCUT2D eigenvalue weighted by molar-refractivity contribution is -0.137. The Labute approximate surface area is 91.7 Å². The molecule has 0 aliphatic carbocycles. The van der Waals surface area contributed by atoms with Crippen molar-refractivity contribution in [2.75, 3.05) is 6.61 Å². The van der Waals surface area contributed by atoms with Gasteiger partial charge in [0.2, 0.25) is 0 Å². The second-order valence-electron chi connectivity index (χ2n) is 3.17. The van der Waals surface area contributed by atoms with E-state index < -0.39 is 23.1 Å². The first-order valence-electron chi connectivity index (χ1n) is 4.68. The zero-order valence-electron chi connectivity index (χ0n) is 8.91. The first kappa shape index (κ1) is 12.2. The fraction of sp³-hybridized carbons (Fsp3) is 0.273. The summed E-state index contributed by atoms with van der Waals surface area (Å²) in [6, 6.07) is 1.91. The normalized spacial score (nSPS) is 9.94. The lowest BCUT2D eigenvalue weighted by Gasteiger charge is -2.05. The molecular weight excluding hydrogens is 215 g/mol. The van der Waals surface area contributed by atoms with Gasteiger partial charge in [-0.1, -0.05) is 0 Å². The van der Waals surface area contributed by atoms with Gasteiger partial charge in [0, 0.05) is 6.07 Å². The summed E-state index contributed by atoms with van der Waals surface area (Å²) < 4.78 is 17.8. The topological polar surface area (TPSA) is 63.6 Å². The van der Waals surface area contributed by atoms with Crippen LogP contribution < -0.4 is 0 Å². The molecule has 1 N–H and O–H groups in total. The molecule has 0 aromatic heterocycles. The van der Waals surface area contributed by atoms with E-state index >= 15 is 0 Å². The molecule has 0 atom stereocenters. The predicted octanol–water partition coefficient (Wildman–Crippen LogP) is 1.59. The summed E-state index contributed by atoms with van der Waals surface area (Å²) in [5.41, 5.74) is -0.0807. The number of carbonyl (C=O) groups is 2. The maximum absolute atomic E-state index is 13.3. The van der Waals surface area contributed by atoms with Crippen LogP contribution in [-0.2, 0) is 9.53 Å². The Morgan fingerprint density at radius 2 is 2.06 bits per heavy atom. The minimum absolute atomic E-state index is 0.0449. The number of aryl methyl sites for hydroxylation is 1. The summed E-state index contributed by atoms with van der Waals surface area (Å²) in [6.07, 6.45) is 0. The van der Waals surface area contributed by atoms with Crippen LogP contribution in [-0.4, -0.2) is 23.5 Å². The monoisotopic (exact) mass is 226 g/mol. The van der Waals surface area contributed by atoms with E-state index in [9.17, 15) is 19.1 Å². The number of carbonyl (C=O) groups excluding carboxylic acids is 2. The van der Waals surface area contributed by atoms with Crippen molar-refractivity contribution < 1.29 is 23.8 Å². The van der Waals surface area contributed by atoms with Crippen LogP contribution in [0, 0.1) is 12.7 Å². The molecule has 86 valence electrons. The highest BCUT2D eigenvalue weighted by atomic mass is 19.1. The Kier molecular flexibility index (Phi) is 3.60. The van der Waals surface area contributed by atoms with Crippen molar-refractivity contribution in [1.82, 2.24) is 0 Å². The van der Waals surface area contributed by atoms with Gasteiger partial charge < -0.3 is 9.84 Å². The second-order valence-corrected chi connectivity index (χ2v) is 3.17. The number of hydrogen-bond acceptors (Lipinski definition) is 4. The molecule has 0 heterocycles. The van der Waals surface area contributed by atoms with Gasteiger partial charge in [-0.25, -0.2) is 9.18 Å². The van der Waals surface area contributed by atoms with Gasteiger partial charge in [-0.2, -0.15) is 0 Å². The Morgan fingerprint density at radius 3 is 2.62 bits per heavy atom. The molecule has 0 saturated carbocycles. The first-order chi connectivity index (χ1) is 7.47. The van der Waals surface area contributed by atoms with E-state index in [1.54, 1.807) is 6.92 Å². The minimum atomic E-state index is -1.11. The average molecular weight is 226 g/mol. The zero-order valence-corrected chi connectivity index (χ0v) is 8.91. The summed E-state index contributed by atoms with van der Waals surface area (Å²) in [7, 11) is 0. The molecule has 16 heavy (non-hydrogen) atoms. The number of phenols is 1. The number of aromatic hydroxyl groups is 1. The smallest absolute Gasteiger partial charge is 0.379 e. The Morgan fingerprint density at radius 1 is 1.44 bits per heavy atom. The number of ether oxygens (including phenoxy) is 1. The molecule has 1 aromatic rings. The SMILES string of the molecule is CCOC(=O)C(=O)c1cc(C)c(O)cc1F. The van der Waals surface area contributed by atoms with Gasteiger partial charge in [0.05, 0.1) is 12.2 Å². The molecule has 0 saturated heterocycles. The maximum atomic E-state index is 13.3. The summed E-state index contributed by atoms with van der Waals surface area (Å²) in [6.45, 7) is 3.09. The number of halogens is 1. The van der Waals surface area contributed by atoms with Gasteiger partial charge in [-0.15, -0.1) is 0 Å². The highest BCUT2D eigenvalue weighted by Crippen LogP contribution is 2.21. The third-order valence-electron chi connectivity index (χ3n) is 1.99. The number of rotatable bonds is 3. The third kappa shape index (κ3) is 2.36. The number of benzene rings is 1. The average Bonchev–Trinajstić information content (AvgIpc) is 2.23. The summed E-state index contributed by atoms with van der Waals surface area (Å²) in [5.74, 6) is -3.37. The molecule has 0 fully saturated rings. The quantitative estimate of drug-likeness (QED) is 0.483. The van der Waals surface area contributed by atoms with Crippen molar-refractivity contribution in [3.05, 3.63) is 29.1 Å². The van der Waals surface area contributed by atoms with Gasteiger partial charge in [0.1, 0.15) is 11.6 Å². The predicted molar refractivity (Wildman–Crippen MR) is 53.8 cm³/mol. The molecule has 0 aliphatic heterocycles. The number of Topliss-reactive ketones (excluding diaryl/α,β-unsaturated/α-hetero) is 1.